The van der Waals surface area contributed by atoms with Crippen molar-refractivity contribution >= 4 is 23.5 Å². The van der Waals surface area contributed by atoms with E-state index in [-0.39, 0.29) is 42.4 Å². The van der Waals surface area contributed by atoms with Crippen LogP contribution in [0.3, 0.4) is 0 Å². The first-order valence-corrected chi connectivity index (χ1v) is 10.8. The van der Waals surface area contributed by atoms with Gasteiger partial charge in [-0.15, -0.1) is 6.58 Å². The van der Waals surface area contributed by atoms with Gasteiger partial charge in [0.05, 0.1) is 16.8 Å². The average molecular weight is 472 g/mol. The maximum atomic E-state index is 13.3. The molecule has 0 saturated carbocycles. The van der Waals surface area contributed by atoms with Crippen molar-refractivity contribution in [1.29, 1.82) is 0 Å². The highest BCUT2D eigenvalue weighted by atomic mass is 19.4. The molecule has 4 rings (SSSR count). The molecular formula is C24H23F3N4O3. The number of nitrogens with one attached hydrogen (secondary N) is 3. The zero-order valence-corrected chi connectivity index (χ0v) is 18.1. The van der Waals surface area contributed by atoms with E-state index in [1.807, 2.05) is 0 Å². The Morgan fingerprint density at radius 1 is 1.18 bits per heavy atom. The van der Waals surface area contributed by atoms with Crippen molar-refractivity contribution in [3.05, 3.63) is 66.2 Å². The monoisotopic (exact) mass is 472 g/mol. The van der Waals surface area contributed by atoms with Gasteiger partial charge in [-0.1, -0.05) is 24.3 Å². The van der Waals surface area contributed by atoms with Crippen LogP contribution in [0.15, 0.2) is 55.1 Å². The molecule has 7 nitrogen and oxygen atoms in total. The first-order valence-electron chi connectivity index (χ1n) is 10.8. The zero-order chi connectivity index (χ0) is 24.5. The number of hydrogen-bond acceptors (Lipinski definition) is 3. The SMILES string of the molecule is C=CCNC(=O)N[C@@H]1CCN2C(=O)c3cc(-c4cccc(C(F)(F)F)c4)ccc3NC(=O)[C@@H]2C1. The number of carbonyl (C=O) groups excluding carboxylic acids is 3. The number of hydrogen-bond donors (Lipinski definition) is 3. The van der Waals surface area contributed by atoms with Crippen LogP contribution in [-0.2, 0) is 11.0 Å². The van der Waals surface area contributed by atoms with E-state index in [2.05, 4.69) is 22.5 Å². The van der Waals surface area contributed by atoms with Gasteiger partial charge in [0.15, 0.2) is 0 Å². The summed E-state index contributed by atoms with van der Waals surface area (Å²) in [6.45, 7) is 4.08. The van der Waals surface area contributed by atoms with E-state index in [1.54, 1.807) is 12.1 Å². The second-order valence-corrected chi connectivity index (χ2v) is 8.21. The van der Waals surface area contributed by atoms with Crippen molar-refractivity contribution in [3.63, 3.8) is 0 Å². The molecular weight excluding hydrogens is 449 g/mol. The molecule has 2 aliphatic rings. The molecule has 0 unspecified atom stereocenters. The lowest BCUT2D eigenvalue weighted by Crippen LogP contribution is -2.56. The van der Waals surface area contributed by atoms with Crippen LogP contribution in [0.2, 0.25) is 0 Å². The summed E-state index contributed by atoms with van der Waals surface area (Å²) in [6, 6.07) is 7.99. The van der Waals surface area contributed by atoms with Gasteiger partial charge in [0.1, 0.15) is 6.04 Å². The van der Waals surface area contributed by atoms with E-state index < -0.39 is 17.8 Å². The maximum Gasteiger partial charge on any atom is 0.416 e. The van der Waals surface area contributed by atoms with Gasteiger partial charge in [0.2, 0.25) is 5.91 Å². The molecule has 4 amide bonds. The number of carbonyl (C=O) groups is 3. The van der Waals surface area contributed by atoms with Crippen LogP contribution in [0.1, 0.15) is 28.8 Å². The summed E-state index contributed by atoms with van der Waals surface area (Å²) in [5.41, 5.74) is 0.466. The fourth-order valence-electron chi connectivity index (χ4n) is 4.24. The summed E-state index contributed by atoms with van der Waals surface area (Å²) < 4.78 is 39.4. The lowest BCUT2D eigenvalue weighted by molar-refractivity contribution is -0.137. The Morgan fingerprint density at radius 2 is 1.94 bits per heavy atom. The van der Waals surface area contributed by atoms with Crippen molar-refractivity contribution in [1.82, 2.24) is 15.5 Å². The first-order chi connectivity index (χ1) is 16.2. The third-order valence-corrected chi connectivity index (χ3v) is 5.94. The summed E-state index contributed by atoms with van der Waals surface area (Å²) in [7, 11) is 0. The van der Waals surface area contributed by atoms with Gasteiger partial charge in [-0.25, -0.2) is 4.79 Å². The van der Waals surface area contributed by atoms with E-state index in [9.17, 15) is 27.6 Å². The molecule has 2 aromatic rings. The lowest BCUT2D eigenvalue weighted by Gasteiger charge is -2.37. The van der Waals surface area contributed by atoms with Gasteiger partial charge >= 0.3 is 12.2 Å². The van der Waals surface area contributed by atoms with Gasteiger partial charge in [-0.3, -0.25) is 9.59 Å². The molecule has 2 aromatic carbocycles. The molecule has 2 aliphatic heterocycles. The normalized spacial score (nSPS) is 19.9. The Hall–Kier alpha value is -3.82. The number of urea groups is 1. The van der Waals surface area contributed by atoms with Gasteiger partial charge in [0, 0.05) is 19.1 Å². The third-order valence-electron chi connectivity index (χ3n) is 5.94. The van der Waals surface area contributed by atoms with Gasteiger partial charge in [0.25, 0.3) is 5.91 Å². The molecule has 178 valence electrons. The first kappa shape index (κ1) is 23.3. The van der Waals surface area contributed by atoms with Gasteiger partial charge < -0.3 is 20.9 Å². The lowest BCUT2D eigenvalue weighted by atomic mass is 9.95. The summed E-state index contributed by atoms with van der Waals surface area (Å²) in [6.07, 6.45) is -2.24. The molecule has 10 heteroatoms. The second-order valence-electron chi connectivity index (χ2n) is 8.21. The van der Waals surface area contributed by atoms with E-state index in [0.29, 0.717) is 29.8 Å². The number of fused-ring (bicyclic) bond motifs is 2. The molecule has 0 aliphatic carbocycles. The molecule has 0 spiro atoms. The Bertz CT molecular complexity index is 1150. The molecule has 2 atom stereocenters. The minimum atomic E-state index is -4.49. The fraction of sp³-hybridized carbons (Fsp3) is 0.292. The number of benzene rings is 2. The van der Waals surface area contributed by atoms with Gasteiger partial charge in [-0.2, -0.15) is 13.2 Å². The van der Waals surface area contributed by atoms with Crippen LogP contribution in [0.5, 0.6) is 0 Å². The van der Waals surface area contributed by atoms with Crippen LogP contribution in [0.4, 0.5) is 23.7 Å². The summed E-state index contributed by atoms with van der Waals surface area (Å²) in [4.78, 5) is 39.7. The summed E-state index contributed by atoms with van der Waals surface area (Å²) >= 11 is 0. The molecule has 0 radical (unpaired) electrons. The van der Waals surface area contributed by atoms with Crippen LogP contribution in [0, 0.1) is 0 Å². The summed E-state index contributed by atoms with van der Waals surface area (Å²) in [5.74, 6) is -0.765. The molecule has 0 bridgehead atoms. The molecule has 2 heterocycles. The minimum absolute atomic E-state index is 0.209. The molecule has 3 N–H and O–H groups in total. The maximum absolute atomic E-state index is 13.3. The molecule has 1 saturated heterocycles. The highest BCUT2D eigenvalue weighted by molar-refractivity contribution is 6.10. The van der Waals surface area contributed by atoms with Crippen LogP contribution < -0.4 is 16.0 Å². The predicted molar refractivity (Wildman–Crippen MR) is 120 cm³/mol. The number of piperidine rings is 1. The number of halogens is 3. The smallest absolute Gasteiger partial charge is 0.335 e. The molecule has 34 heavy (non-hydrogen) atoms. The topological polar surface area (TPSA) is 90.5 Å². The van der Waals surface area contributed by atoms with Crippen molar-refractivity contribution in [2.75, 3.05) is 18.4 Å². The predicted octanol–water partition coefficient (Wildman–Crippen LogP) is 3.78. The Kier molecular flexibility index (Phi) is 6.32. The van der Waals surface area contributed by atoms with E-state index >= 15 is 0 Å². The zero-order valence-electron chi connectivity index (χ0n) is 18.1. The Morgan fingerprint density at radius 3 is 2.68 bits per heavy atom. The highest BCUT2D eigenvalue weighted by Crippen LogP contribution is 2.35. The highest BCUT2D eigenvalue weighted by Gasteiger charge is 2.40. The Balaban J connectivity index is 1.58. The van der Waals surface area contributed by atoms with E-state index in [1.165, 1.54) is 29.2 Å². The molecule has 1 fully saturated rings. The number of alkyl halides is 3. The van der Waals surface area contributed by atoms with Crippen LogP contribution in [0.25, 0.3) is 11.1 Å². The van der Waals surface area contributed by atoms with Gasteiger partial charge in [-0.05, 0) is 48.2 Å². The number of amides is 4. The van der Waals surface area contributed by atoms with Crippen molar-refractivity contribution in [3.8, 4) is 11.1 Å². The van der Waals surface area contributed by atoms with Crippen molar-refractivity contribution in [2.24, 2.45) is 0 Å². The third kappa shape index (κ3) is 4.75. The second kappa shape index (κ2) is 9.20. The Labute approximate surface area is 194 Å². The quantitative estimate of drug-likeness (QED) is 0.592. The van der Waals surface area contributed by atoms with E-state index in [4.69, 9.17) is 0 Å². The van der Waals surface area contributed by atoms with Crippen molar-refractivity contribution < 1.29 is 27.6 Å². The average Bonchev–Trinajstić information content (AvgIpc) is 2.91. The standard InChI is InChI=1S/C24H23F3N4O3/c1-2-9-28-23(34)29-17-8-10-31-20(13-17)21(32)30-19-7-6-15(12-18(19)22(31)33)14-4-3-5-16(11-14)24(25,26)27/h2-7,11-12,17,20H,1,8-10,13H2,(H,30,32)(H2,28,29,34)/t17-,20+/m1/s1. The van der Waals surface area contributed by atoms with Crippen molar-refractivity contribution in [2.45, 2.75) is 31.1 Å². The fourth-order valence-corrected chi connectivity index (χ4v) is 4.24. The van der Waals surface area contributed by atoms with Crippen LogP contribution in [-0.4, -0.2) is 47.9 Å². The number of anilines is 1. The number of nitrogens with zero attached hydrogens (tertiary/aromatic N) is 1. The minimum Gasteiger partial charge on any atom is -0.335 e. The van der Waals surface area contributed by atoms with Crippen LogP contribution >= 0.6 is 0 Å². The summed E-state index contributed by atoms with van der Waals surface area (Å²) in [5, 5.41) is 8.17. The van der Waals surface area contributed by atoms with E-state index in [0.717, 1.165) is 12.1 Å². The largest absolute Gasteiger partial charge is 0.416 e. The number of rotatable bonds is 4. The molecule has 0 aromatic heterocycles.